The second kappa shape index (κ2) is 8.05. The standard InChI is InChI=1S/C17H20N4O3/c1-12-8-19-15(10-18-12)17(23)24-11-16(22)20-9-13-4-6-14(7-5-13)21(2)3/h4-8,10H,9,11H2,1-3H3,(H,20,22). The van der Waals surface area contributed by atoms with E-state index in [1.54, 1.807) is 6.92 Å². The van der Waals surface area contributed by atoms with Crippen LogP contribution in [0.25, 0.3) is 0 Å². The Morgan fingerprint density at radius 1 is 1.12 bits per heavy atom. The number of nitrogens with zero attached hydrogens (tertiary/aromatic N) is 3. The number of esters is 1. The number of aryl methyl sites for hydroxylation is 1. The highest BCUT2D eigenvalue weighted by Gasteiger charge is 2.11. The number of rotatable bonds is 6. The van der Waals surface area contributed by atoms with Crippen LogP contribution >= 0.6 is 0 Å². The van der Waals surface area contributed by atoms with Gasteiger partial charge in [0.25, 0.3) is 5.91 Å². The molecule has 2 rings (SSSR count). The van der Waals surface area contributed by atoms with Gasteiger partial charge >= 0.3 is 5.97 Å². The number of carbonyl (C=O) groups excluding carboxylic acids is 2. The van der Waals surface area contributed by atoms with Gasteiger partial charge in [0.15, 0.2) is 12.3 Å². The van der Waals surface area contributed by atoms with Crippen LogP contribution in [0, 0.1) is 6.92 Å². The van der Waals surface area contributed by atoms with E-state index in [0.717, 1.165) is 11.3 Å². The molecule has 24 heavy (non-hydrogen) atoms. The molecule has 0 radical (unpaired) electrons. The van der Waals surface area contributed by atoms with Crippen molar-refractivity contribution in [2.24, 2.45) is 0 Å². The minimum absolute atomic E-state index is 0.0766. The molecule has 0 saturated heterocycles. The van der Waals surface area contributed by atoms with Crippen molar-refractivity contribution in [1.29, 1.82) is 0 Å². The molecule has 0 atom stereocenters. The lowest BCUT2D eigenvalue weighted by Crippen LogP contribution is -2.28. The number of nitrogens with one attached hydrogen (secondary N) is 1. The number of anilines is 1. The van der Waals surface area contributed by atoms with Crippen LogP contribution in [0.1, 0.15) is 21.7 Å². The summed E-state index contributed by atoms with van der Waals surface area (Å²) in [6.45, 7) is 1.78. The summed E-state index contributed by atoms with van der Waals surface area (Å²) in [5.74, 6) is -1.05. The number of ether oxygens (including phenoxy) is 1. The molecule has 1 amide bonds. The van der Waals surface area contributed by atoms with Crippen molar-refractivity contribution < 1.29 is 14.3 Å². The minimum Gasteiger partial charge on any atom is -0.451 e. The van der Waals surface area contributed by atoms with Gasteiger partial charge in [-0.3, -0.25) is 9.78 Å². The third kappa shape index (κ3) is 5.05. The molecule has 0 aliphatic carbocycles. The Kier molecular flexibility index (Phi) is 5.83. The van der Waals surface area contributed by atoms with Gasteiger partial charge in [-0.25, -0.2) is 9.78 Å². The number of benzene rings is 1. The van der Waals surface area contributed by atoms with Gasteiger partial charge in [-0.05, 0) is 24.6 Å². The lowest BCUT2D eigenvalue weighted by atomic mass is 10.2. The molecule has 0 unspecified atom stereocenters. The van der Waals surface area contributed by atoms with Crippen LogP contribution in [0.15, 0.2) is 36.7 Å². The molecule has 0 aliphatic rings. The number of hydrogen-bond acceptors (Lipinski definition) is 6. The van der Waals surface area contributed by atoms with Crippen LogP contribution in [-0.2, 0) is 16.1 Å². The van der Waals surface area contributed by atoms with Crippen LogP contribution in [0.2, 0.25) is 0 Å². The molecule has 7 heteroatoms. The van der Waals surface area contributed by atoms with Gasteiger partial charge in [-0.15, -0.1) is 0 Å². The minimum atomic E-state index is -0.673. The quantitative estimate of drug-likeness (QED) is 0.805. The predicted octanol–water partition coefficient (Wildman–Crippen LogP) is 1.32. The normalized spacial score (nSPS) is 10.1. The van der Waals surface area contributed by atoms with E-state index >= 15 is 0 Å². The lowest BCUT2D eigenvalue weighted by molar-refractivity contribution is -0.124. The van der Waals surface area contributed by atoms with Gasteiger partial charge in [0.2, 0.25) is 0 Å². The second-order valence-electron chi connectivity index (χ2n) is 5.46. The maximum Gasteiger partial charge on any atom is 0.359 e. The van der Waals surface area contributed by atoms with E-state index < -0.39 is 5.97 Å². The van der Waals surface area contributed by atoms with Crippen LogP contribution in [0.4, 0.5) is 5.69 Å². The Labute approximate surface area is 140 Å². The summed E-state index contributed by atoms with van der Waals surface area (Å²) in [6.07, 6.45) is 2.79. The van der Waals surface area contributed by atoms with Gasteiger partial charge in [0, 0.05) is 32.5 Å². The zero-order chi connectivity index (χ0) is 17.5. The summed E-state index contributed by atoms with van der Waals surface area (Å²) in [4.78, 5) is 33.3. The molecule has 0 saturated carbocycles. The van der Waals surface area contributed by atoms with E-state index in [4.69, 9.17) is 4.74 Å². The van der Waals surface area contributed by atoms with Crippen molar-refractivity contribution in [1.82, 2.24) is 15.3 Å². The van der Waals surface area contributed by atoms with E-state index in [0.29, 0.717) is 12.2 Å². The predicted molar refractivity (Wildman–Crippen MR) is 89.7 cm³/mol. The topological polar surface area (TPSA) is 84.4 Å². The molecule has 0 aliphatic heterocycles. The first-order valence-electron chi connectivity index (χ1n) is 7.44. The highest BCUT2D eigenvalue weighted by atomic mass is 16.5. The molecule has 7 nitrogen and oxygen atoms in total. The summed E-state index contributed by atoms with van der Waals surface area (Å²) >= 11 is 0. The average Bonchev–Trinajstić information content (AvgIpc) is 2.58. The third-order valence-electron chi connectivity index (χ3n) is 3.27. The van der Waals surface area contributed by atoms with E-state index in [1.165, 1.54) is 12.4 Å². The fourth-order valence-corrected chi connectivity index (χ4v) is 1.87. The number of amides is 1. The highest BCUT2D eigenvalue weighted by molar-refractivity contribution is 5.89. The molecular formula is C17H20N4O3. The third-order valence-corrected chi connectivity index (χ3v) is 3.27. The average molecular weight is 328 g/mol. The molecule has 126 valence electrons. The molecule has 0 spiro atoms. The summed E-state index contributed by atoms with van der Waals surface area (Å²) < 4.78 is 4.91. The van der Waals surface area contributed by atoms with Crippen LogP contribution < -0.4 is 10.2 Å². The van der Waals surface area contributed by atoms with Crippen LogP contribution in [0.5, 0.6) is 0 Å². The Hall–Kier alpha value is -2.96. The summed E-state index contributed by atoms with van der Waals surface area (Å²) in [5.41, 5.74) is 2.82. The molecule has 0 bridgehead atoms. The van der Waals surface area contributed by atoms with Crippen molar-refractivity contribution in [2.75, 3.05) is 25.6 Å². The van der Waals surface area contributed by atoms with Gasteiger partial charge in [0.05, 0.1) is 11.9 Å². The molecule has 1 aromatic heterocycles. The van der Waals surface area contributed by atoms with Gasteiger partial charge in [0.1, 0.15) is 0 Å². The molecule has 1 aromatic carbocycles. The van der Waals surface area contributed by atoms with Crippen molar-refractivity contribution in [3.8, 4) is 0 Å². The largest absolute Gasteiger partial charge is 0.451 e. The van der Waals surface area contributed by atoms with Gasteiger partial charge in [-0.1, -0.05) is 12.1 Å². The fourth-order valence-electron chi connectivity index (χ4n) is 1.87. The Morgan fingerprint density at radius 2 is 1.83 bits per heavy atom. The van der Waals surface area contributed by atoms with Gasteiger partial charge in [-0.2, -0.15) is 0 Å². The first kappa shape index (κ1) is 17.4. The number of aromatic nitrogens is 2. The van der Waals surface area contributed by atoms with E-state index in [1.807, 2.05) is 43.3 Å². The van der Waals surface area contributed by atoms with E-state index in [9.17, 15) is 9.59 Å². The summed E-state index contributed by atoms with van der Waals surface area (Å²) in [5, 5.41) is 2.70. The maximum atomic E-state index is 11.7. The van der Waals surface area contributed by atoms with E-state index in [-0.39, 0.29) is 18.2 Å². The smallest absolute Gasteiger partial charge is 0.359 e. The van der Waals surface area contributed by atoms with Crippen molar-refractivity contribution >= 4 is 17.6 Å². The molecule has 0 fully saturated rings. The first-order chi connectivity index (χ1) is 11.5. The molecular weight excluding hydrogens is 308 g/mol. The van der Waals surface area contributed by atoms with Gasteiger partial charge < -0.3 is 15.0 Å². The SMILES string of the molecule is Cc1cnc(C(=O)OCC(=O)NCc2ccc(N(C)C)cc2)cn1. The Bertz CT molecular complexity index is 697. The van der Waals surface area contributed by atoms with Crippen molar-refractivity contribution in [3.05, 3.63) is 53.6 Å². The van der Waals surface area contributed by atoms with Crippen molar-refractivity contribution in [2.45, 2.75) is 13.5 Å². The van der Waals surface area contributed by atoms with Crippen LogP contribution in [-0.4, -0.2) is 42.5 Å². The summed E-state index contributed by atoms with van der Waals surface area (Å²) in [7, 11) is 3.92. The molecule has 1 heterocycles. The van der Waals surface area contributed by atoms with E-state index in [2.05, 4.69) is 15.3 Å². The highest BCUT2D eigenvalue weighted by Crippen LogP contribution is 2.11. The zero-order valence-electron chi connectivity index (χ0n) is 13.9. The van der Waals surface area contributed by atoms with Crippen molar-refractivity contribution in [3.63, 3.8) is 0 Å². The van der Waals surface area contributed by atoms with Crippen LogP contribution in [0.3, 0.4) is 0 Å². The fraction of sp³-hybridized carbons (Fsp3) is 0.294. The molecule has 2 aromatic rings. The second-order valence-corrected chi connectivity index (χ2v) is 5.46. The summed E-state index contributed by atoms with van der Waals surface area (Å²) in [6, 6.07) is 7.81. The zero-order valence-corrected chi connectivity index (χ0v) is 13.9. The molecule has 1 N–H and O–H groups in total. The Morgan fingerprint density at radius 3 is 2.42 bits per heavy atom. The maximum absolute atomic E-state index is 11.7. The lowest BCUT2D eigenvalue weighted by Gasteiger charge is -2.13. The number of carbonyl (C=O) groups is 2. The first-order valence-corrected chi connectivity index (χ1v) is 7.44. The Balaban J connectivity index is 1.77. The monoisotopic (exact) mass is 328 g/mol. The number of hydrogen-bond donors (Lipinski definition) is 1.